The molecule has 0 amide bonds. The second-order valence-electron chi connectivity index (χ2n) is 2.69. The molecule has 0 saturated heterocycles. The van der Waals surface area contributed by atoms with Crippen molar-refractivity contribution in [3.8, 4) is 17.6 Å². The largest absolute Gasteiger partial charge is 0.508 e. The molecule has 0 aromatic heterocycles. The summed E-state index contributed by atoms with van der Waals surface area (Å²) in [5.41, 5.74) is 1.28. The summed E-state index contributed by atoms with van der Waals surface area (Å²) in [6, 6.07) is 4.97. The van der Waals surface area contributed by atoms with Crippen molar-refractivity contribution < 1.29 is 14.6 Å². The zero-order valence-electron chi connectivity index (χ0n) is 8.00. The predicted molar refractivity (Wildman–Crippen MR) is 51.7 cm³/mol. The Bertz CT molecular complexity index is 410. The van der Waals surface area contributed by atoms with Crippen LogP contribution in [0, 0.1) is 18.8 Å². The Balaban J connectivity index is 3.01. The Morgan fingerprint density at radius 2 is 2.21 bits per heavy atom. The van der Waals surface area contributed by atoms with Crippen molar-refractivity contribution in [3.05, 3.63) is 29.3 Å². The third-order valence-corrected chi connectivity index (χ3v) is 1.79. The Hall–Kier alpha value is -1.95. The van der Waals surface area contributed by atoms with E-state index in [0.29, 0.717) is 11.1 Å². The maximum atomic E-state index is 10.7. The summed E-state index contributed by atoms with van der Waals surface area (Å²) < 4.78 is 4.37. The average Bonchev–Trinajstić information content (AvgIpc) is 2.20. The summed E-state index contributed by atoms with van der Waals surface area (Å²) in [5, 5.41) is 9.34. The average molecular weight is 190 g/mol. The van der Waals surface area contributed by atoms with Crippen LogP contribution in [0.4, 0.5) is 0 Å². The zero-order chi connectivity index (χ0) is 10.6. The lowest BCUT2D eigenvalue weighted by atomic mass is 10.1. The number of hydrogen-bond acceptors (Lipinski definition) is 3. The first-order chi connectivity index (χ1) is 6.65. The Labute approximate surface area is 82.3 Å². The summed E-state index contributed by atoms with van der Waals surface area (Å²) in [7, 11) is 1.27. The van der Waals surface area contributed by atoms with E-state index in [-0.39, 0.29) is 5.75 Å². The monoisotopic (exact) mass is 190 g/mol. The standard InChI is InChI=1S/C11H10O3/c1-8-9(4-3-5-10(8)12)6-7-11(13)14-2/h3-5,12H,1-2H3. The third kappa shape index (κ3) is 2.27. The summed E-state index contributed by atoms with van der Waals surface area (Å²) in [5.74, 6) is 4.49. The number of esters is 1. The highest BCUT2D eigenvalue weighted by atomic mass is 16.5. The van der Waals surface area contributed by atoms with Crippen LogP contribution < -0.4 is 0 Å². The third-order valence-electron chi connectivity index (χ3n) is 1.79. The lowest BCUT2D eigenvalue weighted by molar-refractivity contribution is -0.133. The summed E-state index contributed by atoms with van der Waals surface area (Å²) in [6.45, 7) is 1.73. The van der Waals surface area contributed by atoms with Crippen LogP contribution in [-0.2, 0) is 9.53 Å². The molecule has 3 nitrogen and oxygen atoms in total. The fraction of sp³-hybridized carbons (Fsp3) is 0.182. The lowest BCUT2D eigenvalue weighted by Crippen LogP contribution is -1.94. The minimum absolute atomic E-state index is 0.168. The molecule has 0 bridgehead atoms. The van der Waals surface area contributed by atoms with Crippen LogP contribution in [0.25, 0.3) is 0 Å². The Kier molecular flexibility index (Phi) is 3.14. The van der Waals surface area contributed by atoms with E-state index >= 15 is 0 Å². The first-order valence-corrected chi connectivity index (χ1v) is 4.03. The molecule has 1 aromatic rings. The molecule has 0 fully saturated rings. The number of aromatic hydroxyl groups is 1. The van der Waals surface area contributed by atoms with Gasteiger partial charge < -0.3 is 9.84 Å². The predicted octanol–water partition coefficient (Wildman–Crippen LogP) is 1.23. The van der Waals surface area contributed by atoms with E-state index < -0.39 is 5.97 Å². The van der Waals surface area contributed by atoms with Crippen LogP contribution in [0.15, 0.2) is 18.2 Å². The van der Waals surface area contributed by atoms with Crippen molar-refractivity contribution in [2.75, 3.05) is 7.11 Å². The number of phenolic OH excluding ortho intramolecular Hbond substituents is 1. The molecule has 1 N–H and O–H groups in total. The van der Waals surface area contributed by atoms with Gasteiger partial charge in [0, 0.05) is 17.0 Å². The number of hydrogen-bond donors (Lipinski definition) is 1. The van der Waals surface area contributed by atoms with E-state index in [2.05, 4.69) is 16.6 Å². The van der Waals surface area contributed by atoms with E-state index in [0.717, 1.165) is 0 Å². The number of phenols is 1. The quantitative estimate of drug-likeness (QED) is 0.494. The van der Waals surface area contributed by atoms with Crippen molar-refractivity contribution >= 4 is 5.97 Å². The van der Waals surface area contributed by atoms with E-state index in [9.17, 15) is 9.90 Å². The molecule has 0 radical (unpaired) electrons. The number of methoxy groups -OCH3 is 1. The van der Waals surface area contributed by atoms with Gasteiger partial charge in [-0.05, 0) is 19.1 Å². The van der Waals surface area contributed by atoms with Gasteiger partial charge in [0.05, 0.1) is 7.11 Å². The van der Waals surface area contributed by atoms with Crippen molar-refractivity contribution in [2.24, 2.45) is 0 Å². The molecule has 3 heteroatoms. The molecule has 1 rings (SSSR count). The van der Waals surface area contributed by atoms with Gasteiger partial charge in [0.2, 0.25) is 0 Å². The maximum Gasteiger partial charge on any atom is 0.384 e. The van der Waals surface area contributed by atoms with E-state index in [1.54, 1.807) is 25.1 Å². The molecular weight excluding hydrogens is 180 g/mol. The van der Waals surface area contributed by atoms with Crippen molar-refractivity contribution in [1.29, 1.82) is 0 Å². The molecule has 0 saturated carbocycles. The van der Waals surface area contributed by atoms with Crippen LogP contribution in [-0.4, -0.2) is 18.2 Å². The van der Waals surface area contributed by atoms with Crippen LogP contribution in [0.3, 0.4) is 0 Å². The molecule has 0 aliphatic carbocycles. The normalized spacial score (nSPS) is 8.71. The molecule has 72 valence electrons. The number of ether oxygens (including phenoxy) is 1. The Morgan fingerprint density at radius 1 is 1.50 bits per heavy atom. The zero-order valence-corrected chi connectivity index (χ0v) is 8.00. The molecule has 14 heavy (non-hydrogen) atoms. The van der Waals surface area contributed by atoms with Crippen molar-refractivity contribution in [2.45, 2.75) is 6.92 Å². The lowest BCUT2D eigenvalue weighted by Gasteiger charge is -1.99. The molecular formula is C11H10O3. The number of benzene rings is 1. The molecule has 0 spiro atoms. The molecule has 0 atom stereocenters. The summed E-state index contributed by atoms with van der Waals surface area (Å²) in [6.07, 6.45) is 0. The van der Waals surface area contributed by atoms with E-state index in [1.165, 1.54) is 7.11 Å². The van der Waals surface area contributed by atoms with Gasteiger partial charge in [0.25, 0.3) is 0 Å². The summed E-state index contributed by atoms with van der Waals surface area (Å²) >= 11 is 0. The minimum atomic E-state index is -0.590. The van der Waals surface area contributed by atoms with Gasteiger partial charge in [0.15, 0.2) is 0 Å². The topological polar surface area (TPSA) is 46.5 Å². The second-order valence-corrected chi connectivity index (χ2v) is 2.69. The second kappa shape index (κ2) is 4.33. The van der Waals surface area contributed by atoms with Gasteiger partial charge in [-0.25, -0.2) is 4.79 Å². The minimum Gasteiger partial charge on any atom is -0.508 e. The van der Waals surface area contributed by atoms with Crippen LogP contribution in [0.5, 0.6) is 5.75 Å². The van der Waals surface area contributed by atoms with Crippen LogP contribution in [0.2, 0.25) is 0 Å². The van der Waals surface area contributed by atoms with Gasteiger partial charge >= 0.3 is 5.97 Å². The van der Waals surface area contributed by atoms with Crippen molar-refractivity contribution in [3.63, 3.8) is 0 Å². The fourth-order valence-electron chi connectivity index (χ4n) is 0.928. The highest BCUT2D eigenvalue weighted by Gasteiger charge is 1.99. The SMILES string of the molecule is COC(=O)C#Cc1cccc(O)c1C. The van der Waals surface area contributed by atoms with Crippen LogP contribution in [0.1, 0.15) is 11.1 Å². The van der Waals surface area contributed by atoms with Gasteiger partial charge in [-0.1, -0.05) is 12.0 Å². The van der Waals surface area contributed by atoms with E-state index in [4.69, 9.17) is 0 Å². The number of rotatable bonds is 0. The summed E-state index contributed by atoms with van der Waals surface area (Å²) in [4.78, 5) is 10.7. The molecule has 0 aliphatic heterocycles. The highest BCUT2D eigenvalue weighted by molar-refractivity contribution is 5.89. The Morgan fingerprint density at radius 3 is 2.86 bits per heavy atom. The fourth-order valence-corrected chi connectivity index (χ4v) is 0.928. The number of carbonyl (C=O) groups is 1. The smallest absolute Gasteiger partial charge is 0.384 e. The molecule has 0 aliphatic rings. The van der Waals surface area contributed by atoms with Gasteiger partial charge in [-0.15, -0.1) is 0 Å². The molecule has 0 unspecified atom stereocenters. The highest BCUT2D eigenvalue weighted by Crippen LogP contribution is 2.18. The molecule has 1 aromatic carbocycles. The number of carbonyl (C=O) groups excluding carboxylic acids is 1. The molecule has 0 heterocycles. The van der Waals surface area contributed by atoms with Gasteiger partial charge in [-0.2, -0.15) is 0 Å². The van der Waals surface area contributed by atoms with Gasteiger partial charge in [-0.3, -0.25) is 0 Å². The first-order valence-electron chi connectivity index (χ1n) is 4.03. The maximum absolute atomic E-state index is 10.7. The van der Waals surface area contributed by atoms with Gasteiger partial charge in [0.1, 0.15) is 5.75 Å². The first kappa shape index (κ1) is 10.1. The van der Waals surface area contributed by atoms with E-state index in [1.807, 2.05) is 0 Å². The van der Waals surface area contributed by atoms with Crippen molar-refractivity contribution in [1.82, 2.24) is 0 Å². The van der Waals surface area contributed by atoms with Crippen LogP contribution >= 0.6 is 0 Å².